The number of nitrogens with zero attached hydrogens (tertiary/aromatic N) is 5. The average molecular weight is 1030 g/mol. The van der Waals surface area contributed by atoms with E-state index in [1.807, 2.05) is 42.5 Å². The minimum Gasteiger partial charge on any atom is -0.454 e. The molecule has 79 heavy (non-hydrogen) atoms. The van der Waals surface area contributed by atoms with Crippen LogP contribution in [0.2, 0.25) is 0 Å². The lowest BCUT2D eigenvalue weighted by Gasteiger charge is -2.35. The Labute approximate surface area is 464 Å². The number of aromatic nitrogens is 3. The molecule has 2 heterocycles. The maximum absolute atomic E-state index is 7.31. The third-order valence-electron chi connectivity index (χ3n) is 15.2. The van der Waals surface area contributed by atoms with E-state index in [0.717, 1.165) is 83.7 Å². The Kier molecular flexibility index (Phi) is 12.8. The maximum Gasteiger partial charge on any atom is 0.164 e. The summed E-state index contributed by atoms with van der Waals surface area (Å²) >= 11 is 0. The Morgan fingerprint density at radius 2 is 0.810 bits per heavy atom. The topological polar surface area (TPSA) is 58.3 Å². The van der Waals surface area contributed by atoms with Crippen LogP contribution in [-0.4, -0.2) is 15.0 Å². The number of furan rings is 1. The van der Waals surface area contributed by atoms with Crippen molar-refractivity contribution in [2.45, 2.75) is 78.6 Å². The monoisotopic (exact) mass is 1030 g/mol. The number of benzene rings is 10. The van der Waals surface area contributed by atoms with Gasteiger partial charge in [0.15, 0.2) is 23.1 Å². The van der Waals surface area contributed by atoms with E-state index in [0.29, 0.717) is 23.1 Å². The first-order chi connectivity index (χ1) is 38.1. The Bertz CT molecular complexity index is 4110. The highest BCUT2D eigenvalue weighted by Crippen LogP contribution is 2.54. The first-order valence-corrected chi connectivity index (χ1v) is 27.4. The summed E-state index contributed by atoms with van der Waals surface area (Å²) in [5, 5.41) is 4.22. The average Bonchev–Trinajstić information content (AvgIpc) is 4.00. The van der Waals surface area contributed by atoms with Gasteiger partial charge in [0.2, 0.25) is 0 Å². The lowest BCUT2D eigenvalue weighted by atomic mass is 9.83. The van der Waals surface area contributed by atoms with E-state index < -0.39 is 0 Å². The fraction of sp³-hybridized carbons (Fsp3) is 0.164. The highest BCUT2D eigenvalue weighted by Gasteiger charge is 2.32. The third-order valence-corrected chi connectivity index (χ3v) is 15.2. The molecule has 0 spiro atoms. The van der Waals surface area contributed by atoms with Gasteiger partial charge in [-0.3, -0.25) is 0 Å². The molecule has 0 aliphatic heterocycles. The van der Waals surface area contributed by atoms with Gasteiger partial charge in [-0.15, -0.1) is 0 Å². The molecule has 2 aromatic heterocycles. The molecule has 6 nitrogen and oxygen atoms in total. The van der Waals surface area contributed by atoms with Crippen LogP contribution in [0.3, 0.4) is 0 Å². The van der Waals surface area contributed by atoms with Gasteiger partial charge < -0.3 is 14.2 Å². The van der Waals surface area contributed by atoms with Crippen molar-refractivity contribution in [3.8, 4) is 45.3 Å². The second kappa shape index (κ2) is 20.0. The van der Waals surface area contributed by atoms with E-state index in [1.54, 1.807) is 0 Å². The van der Waals surface area contributed by atoms with Crippen molar-refractivity contribution in [3.05, 3.63) is 247 Å². The normalized spacial score (nSPS) is 12.1. The van der Waals surface area contributed by atoms with Crippen molar-refractivity contribution in [2.24, 2.45) is 0 Å². The van der Waals surface area contributed by atoms with E-state index in [2.05, 4.69) is 260 Å². The van der Waals surface area contributed by atoms with Crippen LogP contribution in [0.25, 0.3) is 78.0 Å². The van der Waals surface area contributed by atoms with E-state index >= 15 is 0 Å². The number of anilines is 6. The lowest BCUT2D eigenvalue weighted by Crippen LogP contribution is -2.20. The van der Waals surface area contributed by atoms with Crippen molar-refractivity contribution < 1.29 is 4.42 Å². The summed E-state index contributed by atoms with van der Waals surface area (Å²) in [6.07, 6.45) is 0. The Morgan fingerprint density at radius 3 is 1.38 bits per heavy atom. The first-order valence-electron chi connectivity index (χ1n) is 27.4. The summed E-state index contributed by atoms with van der Waals surface area (Å²) in [4.78, 5) is 20.6. The molecule has 0 amide bonds. The van der Waals surface area contributed by atoms with Gasteiger partial charge >= 0.3 is 0 Å². The highest BCUT2D eigenvalue weighted by molar-refractivity contribution is 6.17. The molecule has 0 radical (unpaired) electrons. The summed E-state index contributed by atoms with van der Waals surface area (Å²) in [7, 11) is 0. The molecule has 0 aliphatic rings. The van der Waals surface area contributed by atoms with Gasteiger partial charge in [-0.25, -0.2) is 15.0 Å². The molecule has 12 aromatic rings. The van der Waals surface area contributed by atoms with E-state index in [-0.39, 0.29) is 16.2 Å². The lowest BCUT2D eigenvalue weighted by molar-refractivity contribution is 0.589. The molecule has 0 saturated carbocycles. The van der Waals surface area contributed by atoms with Crippen LogP contribution in [0.5, 0.6) is 0 Å². The summed E-state index contributed by atoms with van der Waals surface area (Å²) in [6, 6.07) is 82.5. The zero-order valence-corrected chi connectivity index (χ0v) is 46.6. The number of rotatable bonds is 10. The van der Waals surface area contributed by atoms with Gasteiger partial charge in [-0.05, 0) is 122 Å². The first kappa shape index (κ1) is 50.7. The molecule has 0 fully saturated rings. The van der Waals surface area contributed by atoms with Crippen LogP contribution in [0.4, 0.5) is 34.1 Å². The van der Waals surface area contributed by atoms with E-state index in [4.69, 9.17) is 19.4 Å². The van der Waals surface area contributed by atoms with Crippen LogP contribution in [0.1, 0.15) is 79.0 Å². The molecular formula is C73H65N5O. The van der Waals surface area contributed by atoms with Crippen LogP contribution in [0, 0.1) is 0 Å². The molecular weight excluding hydrogens is 963 g/mol. The quantitative estimate of drug-likeness (QED) is 0.136. The molecule has 12 rings (SSSR count). The van der Waals surface area contributed by atoms with Crippen molar-refractivity contribution >= 4 is 66.8 Å². The predicted molar refractivity (Wildman–Crippen MR) is 332 cm³/mol. The number of fused-ring (bicyclic) bond motifs is 4. The summed E-state index contributed by atoms with van der Waals surface area (Å²) in [5.41, 5.74) is 15.6. The minimum absolute atomic E-state index is 0.0237. The molecule has 0 aliphatic carbocycles. The second-order valence-electron chi connectivity index (χ2n) is 23.8. The Morgan fingerprint density at radius 1 is 0.342 bits per heavy atom. The summed E-state index contributed by atoms with van der Waals surface area (Å²) < 4.78 is 7.31. The van der Waals surface area contributed by atoms with Gasteiger partial charge in [0.05, 0.1) is 17.1 Å². The molecule has 0 atom stereocenters. The molecule has 0 unspecified atom stereocenters. The number of hydrogen-bond donors (Lipinski definition) is 0. The zero-order valence-electron chi connectivity index (χ0n) is 46.6. The van der Waals surface area contributed by atoms with Gasteiger partial charge in [0.1, 0.15) is 5.58 Å². The van der Waals surface area contributed by atoms with Crippen LogP contribution >= 0.6 is 0 Å². The molecule has 0 bridgehead atoms. The van der Waals surface area contributed by atoms with Crippen molar-refractivity contribution in [3.63, 3.8) is 0 Å². The minimum atomic E-state index is -0.282. The molecule has 0 saturated heterocycles. The fourth-order valence-corrected chi connectivity index (χ4v) is 10.8. The highest BCUT2D eigenvalue weighted by atomic mass is 16.3. The third kappa shape index (κ3) is 9.84. The van der Waals surface area contributed by atoms with Gasteiger partial charge in [-0.1, -0.05) is 220 Å². The fourth-order valence-electron chi connectivity index (χ4n) is 10.8. The SMILES string of the molecule is CC(C)(C)c1ccc(N(c2ccccc2)c2cc(C(C)(C)C)cc(N(c3ccc(C(C)(C)C)cc3)c3ccc(-c4nc(-c5ccccc5)nc(-c5ccccc5)n4)c4c3oc3ccccc34)c2-c2ccc3ccccc3c2)cc1. The number of hydrogen-bond acceptors (Lipinski definition) is 6. The standard InChI is InChI=1S/C73H65N5O/c1-71(2,3)53-35-39-57(40-36-53)77(56-29-17-12-18-30-56)62-46-55(73(7,8)9)47-63(65(62)52-34-33-48-23-19-20-28-51(48)45-52)78(58-41-37-54(38-42-58)72(4,5)6)61-44-43-60(66-59-31-21-22-32-64(59)79-67(61)66)70-75-68(49-24-13-10-14-25-49)74-69(76-70)50-26-15-11-16-27-50/h10-47H,1-9H3. The molecule has 10 aromatic carbocycles. The molecule has 388 valence electrons. The van der Waals surface area contributed by atoms with Gasteiger partial charge in [-0.2, -0.15) is 0 Å². The molecule has 0 N–H and O–H groups in total. The van der Waals surface area contributed by atoms with E-state index in [9.17, 15) is 0 Å². The number of para-hydroxylation sites is 2. The largest absolute Gasteiger partial charge is 0.454 e. The summed E-state index contributed by atoms with van der Waals surface area (Å²) in [5.74, 6) is 1.75. The van der Waals surface area contributed by atoms with Crippen molar-refractivity contribution in [2.75, 3.05) is 9.80 Å². The van der Waals surface area contributed by atoms with Gasteiger partial charge in [0, 0.05) is 50.1 Å². The maximum atomic E-state index is 7.31. The van der Waals surface area contributed by atoms with E-state index in [1.165, 1.54) is 22.1 Å². The van der Waals surface area contributed by atoms with Crippen LogP contribution < -0.4 is 9.80 Å². The zero-order chi connectivity index (χ0) is 54.6. The van der Waals surface area contributed by atoms with Crippen molar-refractivity contribution in [1.82, 2.24) is 15.0 Å². The second-order valence-corrected chi connectivity index (χ2v) is 23.8. The Balaban J connectivity index is 1.21. The summed E-state index contributed by atoms with van der Waals surface area (Å²) in [6.45, 7) is 20.6. The molecule has 6 heteroatoms. The predicted octanol–water partition coefficient (Wildman–Crippen LogP) is 20.4. The van der Waals surface area contributed by atoms with Crippen LogP contribution in [0.15, 0.2) is 235 Å². The van der Waals surface area contributed by atoms with Crippen LogP contribution in [-0.2, 0) is 16.2 Å². The Hall–Kier alpha value is -9.13. The van der Waals surface area contributed by atoms with Crippen molar-refractivity contribution in [1.29, 1.82) is 0 Å². The van der Waals surface area contributed by atoms with Gasteiger partial charge in [0.25, 0.3) is 0 Å². The smallest absolute Gasteiger partial charge is 0.164 e.